The fourth-order valence-corrected chi connectivity index (χ4v) is 3.33. The van der Waals surface area contributed by atoms with Gasteiger partial charge in [0.15, 0.2) is 0 Å². The zero-order valence-electron chi connectivity index (χ0n) is 16.3. The lowest BCUT2D eigenvalue weighted by Gasteiger charge is -2.15. The summed E-state index contributed by atoms with van der Waals surface area (Å²) in [6, 6.07) is 2.23. The van der Waals surface area contributed by atoms with E-state index < -0.39 is 36.3 Å². The normalized spacial score (nSPS) is 13.4. The number of nitrogens with one attached hydrogen (secondary N) is 1. The number of alkyl halides is 5. The van der Waals surface area contributed by atoms with Gasteiger partial charge < -0.3 is 5.32 Å². The molecule has 0 unspecified atom stereocenters. The van der Waals surface area contributed by atoms with E-state index in [4.69, 9.17) is 11.6 Å². The molecule has 0 fully saturated rings. The maximum absolute atomic E-state index is 13.4. The molecule has 0 saturated carbocycles. The second-order valence-corrected chi connectivity index (χ2v) is 7.52. The van der Waals surface area contributed by atoms with Crippen molar-refractivity contribution in [3.05, 3.63) is 52.7 Å². The third-order valence-electron chi connectivity index (χ3n) is 4.38. The zero-order chi connectivity index (χ0) is 23.0. The van der Waals surface area contributed by atoms with Gasteiger partial charge in [-0.3, -0.25) is 19.4 Å². The fourth-order valence-electron chi connectivity index (χ4n) is 2.98. The summed E-state index contributed by atoms with van der Waals surface area (Å²) in [5.74, 6) is -3.64. The molecule has 1 atom stereocenters. The van der Waals surface area contributed by atoms with Crippen molar-refractivity contribution in [3.63, 3.8) is 0 Å². The SMILES string of the molecule is C[C@@H](NC(=O)Cc1cnc(C(C)(F)F)c(Cl)c1)c1cc2cnn(CC(F)(F)F)c2cn1. The average molecular weight is 462 g/mol. The van der Waals surface area contributed by atoms with Crippen LogP contribution in [-0.2, 0) is 23.7 Å². The Morgan fingerprint density at radius 1 is 1.16 bits per heavy atom. The molecule has 0 aromatic carbocycles. The highest BCUT2D eigenvalue weighted by Crippen LogP contribution is 2.31. The molecule has 0 aliphatic heterocycles. The molecule has 1 amide bonds. The van der Waals surface area contributed by atoms with Crippen molar-refractivity contribution in [2.75, 3.05) is 0 Å². The van der Waals surface area contributed by atoms with Gasteiger partial charge in [-0.15, -0.1) is 0 Å². The minimum atomic E-state index is -4.41. The molecule has 31 heavy (non-hydrogen) atoms. The lowest BCUT2D eigenvalue weighted by atomic mass is 10.1. The summed E-state index contributed by atoms with van der Waals surface area (Å²) in [7, 11) is 0. The summed E-state index contributed by atoms with van der Waals surface area (Å²) in [4.78, 5) is 20.1. The van der Waals surface area contributed by atoms with E-state index >= 15 is 0 Å². The Hall–Kier alpha value is -2.82. The first-order chi connectivity index (χ1) is 14.3. The molecular formula is C19H17ClF5N5O. The molecule has 0 saturated heterocycles. The van der Waals surface area contributed by atoms with Crippen LogP contribution in [0.25, 0.3) is 10.9 Å². The van der Waals surface area contributed by atoms with E-state index in [9.17, 15) is 26.7 Å². The van der Waals surface area contributed by atoms with Crippen LogP contribution < -0.4 is 5.32 Å². The molecule has 0 aliphatic carbocycles. The first-order valence-electron chi connectivity index (χ1n) is 9.04. The molecule has 3 rings (SSSR count). The Morgan fingerprint density at radius 2 is 1.87 bits per heavy atom. The summed E-state index contributed by atoms with van der Waals surface area (Å²) in [6.07, 6.45) is -0.860. The van der Waals surface area contributed by atoms with E-state index in [1.165, 1.54) is 24.5 Å². The monoisotopic (exact) mass is 461 g/mol. The van der Waals surface area contributed by atoms with Crippen LogP contribution in [-0.4, -0.2) is 31.8 Å². The van der Waals surface area contributed by atoms with Crippen molar-refractivity contribution in [3.8, 4) is 0 Å². The van der Waals surface area contributed by atoms with Crippen LogP contribution in [0, 0.1) is 0 Å². The molecule has 166 valence electrons. The number of pyridine rings is 2. The van der Waals surface area contributed by atoms with E-state index in [1.807, 2.05) is 0 Å². The Bertz CT molecular complexity index is 1110. The minimum Gasteiger partial charge on any atom is -0.348 e. The quantitative estimate of drug-likeness (QED) is 0.546. The smallest absolute Gasteiger partial charge is 0.348 e. The van der Waals surface area contributed by atoms with Crippen LogP contribution in [0.5, 0.6) is 0 Å². The van der Waals surface area contributed by atoms with Crippen molar-refractivity contribution in [1.82, 2.24) is 25.1 Å². The second-order valence-electron chi connectivity index (χ2n) is 7.11. The zero-order valence-corrected chi connectivity index (χ0v) is 17.1. The molecule has 0 radical (unpaired) electrons. The second kappa shape index (κ2) is 8.37. The first kappa shape index (κ1) is 22.9. The average Bonchev–Trinajstić information content (AvgIpc) is 3.01. The maximum Gasteiger partial charge on any atom is 0.408 e. The number of hydrogen-bond donors (Lipinski definition) is 1. The molecule has 3 aromatic rings. The number of hydrogen-bond acceptors (Lipinski definition) is 4. The predicted octanol–water partition coefficient (Wildman–Crippen LogP) is 4.57. The molecule has 0 spiro atoms. The largest absolute Gasteiger partial charge is 0.408 e. The summed E-state index contributed by atoms with van der Waals surface area (Å²) in [5, 5.41) is 6.62. The number of fused-ring (bicyclic) bond motifs is 1. The van der Waals surface area contributed by atoms with Crippen LogP contribution in [0.4, 0.5) is 22.0 Å². The van der Waals surface area contributed by atoms with E-state index in [0.29, 0.717) is 23.6 Å². The highest BCUT2D eigenvalue weighted by molar-refractivity contribution is 6.31. The predicted molar refractivity (Wildman–Crippen MR) is 103 cm³/mol. The molecule has 12 heteroatoms. The van der Waals surface area contributed by atoms with Gasteiger partial charge in [0.25, 0.3) is 5.92 Å². The van der Waals surface area contributed by atoms with E-state index in [0.717, 1.165) is 10.9 Å². The van der Waals surface area contributed by atoms with Crippen LogP contribution in [0.3, 0.4) is 0 Å². The number of rotatable bonds is 6. The first-order valence-corrected chi connectivity index (χ1v) is 9.41. The number of amides is 1. The fraction of sp³-hybridized carbons (Fsp3) is 0.368. The van der Waals surface area contributed by atoms with Gasteiger partial charge in [0.1, 0.15) is 12.2 Å². The highest BCUT2D eigenvalue weighted by atomic mass is 35.5. The minimum absolute atomic E-state index is 0.154. The van der Waals surface area contributed by atoms with Gasteiger partial charge in [-0.05, 0) is 24.6 Å². The topological polar surface area (TPSA) is 72.7 Å². The van der Waals surface area contributed by atoms with Crippen LogP contribution >= 0.6 is 11.6 Å². The molecule has 0 aliphatic rings. The Kier molecular flexibility index (Phi) is 6.17. The van der Waals surface area contributed by atoms with Crippen LogP contribution in [0.2, 0.25) is 5.02 Å². The molecule has 6 nitrogen and oxygen atoms in total. The third-order valence-corrected chi connectivity index (χ3v) is 4.67. The Labute approximate surface area is 178 Å². The van der Waals surface area contributed by atoms with E-state index in [2.05, 4.69) is 20.4 Å². The van der Waals surface area contributed by atoms with Crippen LogP contribution in [0.1, 0.15) is 36.8 Å². The highest BCUT2D eigenvalue weighted by Gasteiger charge is 2.30. The summed E-state index contributed by atoms with van der Waals surface area (Å²) < 4.78 is 65.3. The summed E-state index contributed by atoms with van der Waals surface area (Å²) >= 11 is 5.83. The van der Waals surface area contributed by atoms with E-state index in [1.54, 1.807) is 6.92 Å². The standard InChI is InChI=1S/C19H17ClF5N5O/c1-10(14-5-12-7-28-30(9-19(23,24)25)15(12)8-26-14)29-16(31)4-11-3-13(20)17(27-6-11)18(2,21)22/h3,5-8,10H,4,9H2,1-2H3,(H,29,31)/t10-/m1/s1. The number of halogens is 6. The maximum atomic E-state index is 13.4. The van der Waals surface area contributed by atoms with Crippen molar-refractivity contribution in [2.24, 2.45) is 0 Å². The lowest BCUT2D eigenvalue weighted by Crippen LogP contribution is -2.28. The Morgan fingerprint density at radius 3 is 2.48 bits per heavy atom. The van der Waals surface area contributed by atoms with Crippen molar-refractivity contribution in [2.45, 2.75) is 45.0 Å². The van der Waals surface area contributed by atoms with E-state index in [-0.39, 0.29) is 17.0 Å². The molecule has 3 heterocycles. The summed E-state index contributed by atoms with van der Waals surface area (Å²) in [6.45, 7) is 1.09. The number of carbonyl (C=O) groups excluding carboxylic acids is 1. The van der Waals surface area contributed by atoms with Crippen molar-refractivity contribution < 1.29 is 26.7 Å². The molecule has 1 N–H and O–H groups in total. The number of carbonyl (C=O) groups is 1. The van der Waals surface area contributed by atoms with Crippen molar-refractivity contribution >= 4 is 28.4 Å². The molecule has 0 bridgehead atoms. The van der Waals surface area contributed by atoms with Gasteiger partial charge in [-0.1, -0.05) is 11.6 Å². The van der Waals surface area contributed by atoms with Gasteiger partial charge >= 0.3 is 6.18 Å². The van der Waals surface area contributed by atoms with Gasteiger partial charge in [0.05, 0.1) is 41.1 Å². The van der Waals surface area contributed by atoms with Gasteiger partial charge in [-0.2, -0.15) is 27.1 Å². The Balaban J connectivity index is 1.68. The third kappa shape index (κ3) is 5.66. The number of nitrogens with zero attached hydrogens (tertiary/aromatic N) is 4. The molecule has 3 aromatic heterocycles. The molecular weight excluding hydrogens is 445 g/mol. The number of aromatic nitrogens is 4. The lowest BCUT2D eigenvalue weighted by molar-refractivity contribution is -0.141. The summed E-state index contributed by atoms with van der Waals surface area (Å²) in [5.41, 5.74) is 0.410. The van der Waals surface area contributed by atoms with Gasteiger partial charge in [0, 0.05) is 18.5 Å². The van der Waals surface area contributed by atoms with Gasteiger partial charge in [0.2, 0.25) is 5.91 Å². The van der Waals surface area contributed by atoms with Crippen LogP contribution in [0.15, 0.2) is 30.7 Å². The van der Waals surface area contributed by atoms with Gasteiger partial charge in [-0.25, -0.2) is 0 Å². The van der Waals surface area contributed by atoms with Crippen molar-refractivity contribution in [1.29, 1.82) is 0 Å².